The summed E-state index contributed by atoms with van der Waals surface area (Å²) in [7, 11) is 0. The molecule has 0 aromatic carbocycles. The van der Waals surface area contributed by atoms with Crippen molar-refractivity contribution >= 4 is 70.9 Å². The van der Waals surface area contributed by atoms with E-state index in [1.807, 2.05) is 13.8 Å². The van der Waals surface area contributed by atoms with E-state index in [2.05, 4.69) is 58.2 Å². The predicted molar refractivity (Wildman–Crippen MR) is 254 cm³/mol. The minimum atomic E-state index is -1.18. The first-order chi connectivity index (χ1) is 32.5. The van der Waals surface area contributed by atoms with Gasteiger partial charge in [-0.15, -0.1) is 0 Å². The molecule has 0 unspecified atom stereocenters. The predicted octanol–water partition coefficient (Wildman–Crippen LogP) is -6.10. The molecular weight excluding hydrogens is 905 g/mol. The maximum atomic E-state index is 13.6. The van der Waals surface area contributed by atoms with Gasteiger partial charge in [-0.3, -0.25) is 57.7 Å². The lowest BCUT2D eigenvalue weighted by Crippen LogP contribution is -2.56. The Morgan fingerprint density at radius 1 is 0.420 bits per heavy atom. The molecule has 0 saturated heterocycles. The minimum Gasteiger partial charge on any atom is -0.370 e. The van der Waals surface area contributed by atoms with E-state index in [1.54, 1.807) is 13.8 Å². The molecule has 0 spiro atoms. The highest BCUT2D eigenvalue weighted by molar-refractivity contribution is 5.96. The van der Waals surface area contributed by atoms with Crippen LogP contribution in [0.4, 0.5) is 0 Å². The lowest BCUT2D eigenvalue weighted by atomic mass is 10.0. The highest BCUT2D eigenvalue weighted by atomic mass is 16.2. The number of amides is 11. The summed E-state index contributed by atoms with van der Waals surface area (Å²) in [5.74, 6) is -8.09. The fourth-order valence-electron chi connectivity index (χ4n) is 6.29. The second-order valence-electron chi connectivity index (χ2n) is 17.1. The van der Waals surface area contributed by atoms with Crippen LogP contribution in [0.25, 0.3) is 0 Å². The van der Waals surface area contributed by atoms with E-state index in [-0.39, 0.29) is 62.9 Å². The van der Waals surface area contributed by atoms with Crippen LogP contribution in [0.1, 0.15) is 98.8 Å². The number of hydrogen-bond donors (Lipinski definition) is 15. The number of carbonyl (C=O) groups is 11. The van der Waals surface area contributed by atoms with Crippen molar-refractivity contribution in [1.29, 1.82) is 0 Å². The number of rotatable bonds is 36. The van der Waals surface area contributed by atoms with Crippen LogP contribution < -0.4 is 81.8 Å². The summed E-state index contributed by atoms with van der Waals surface area (Å²) >= 11 is 0. The van der Waals surface area contributed by atoms with Crippen molar-refractivity contribution in [3.05, 3.63) is 0 Å². The first-order valence-electron chi connectivity index (χ1n) is 23.1. The van der Waals surface area contributed by atoms with Crippen molar-refractivity contribution in [2.24, 2.45) is 45.5 Å². The van der Waals surface area contributed by atoms with Gasteiger partial charge < -0.3 is 81.8 Å². The van der Waals surface area contributed by atoms with Gasteiger partial charge in [0.05, 0.1) is 32.7 Å². The molecule has 0 heterocycles. The fraction of sp³-hybridized carbons (Fsp3) is 0.714. The van der Waals surface area contributed by atoms with Crippen molar-refractivity contribution in [1.82, 2.24) is 53.2 Å². The van der Waals surface area contributed by atoms with Crippen molar-refractivity contribution in [3.63, 3.8) is 0 Å². The highest BCUT2D eigenvalue weighted by Crippen LogP contribution is 2.09. The Labute approximate surface area is 403 Å². The molecule has 392 valence electrons. The zero-order chi connectivity index (χ0) is 52.5. The van der Waals surface area contributed by atoms with Crippen LogP contribution in [0.5, 0.6) is 0 Å². The number of hydrogen-bond acceptors (Lipinski definition) is 14. The number of unbranched alkanes of at least 4 members (excludes halogenated alkanes) is 2. The second-order valence-corrected chi connectivity index (χ2v) is 17.1. The first kappa shape index (κ1) is 62.4. The molecule has 0 radical (unpaired) electrons. The lowest BCUT2D eigenvalue weighted by molar-refractivity contribution is -0.134. The fourth-order valence-corrected chi connectivity index (χ4v) is 6.29. The molecule has 0 aliphatic heterocycles. The number of nitrogens with two attached hydrogens (primary N) is 5. The number of aliphatic imine (C=N–C) groups is 1. The Hall–Kier alpha value is -6.64. The van der Waals surface area contributed by atoms with E-state index in [9.17, 15) is 52.7 Å². The maximum absolute atomic E-state index is 13.6. The van der Waals surface area contributed by atoms with Gasteiger partial charge in [-0.1, -0.05) is 27.7 Å². The molecule has 0 rings (SSSR count). The van der Waals surface area contributed by atoms with Gasteiger partial charge in [-0.2, -0.15) is 0 Å². The smallest absolute Gasteiger partial charge is 0.243 e. The number of guanidine groups is 1. The summed E-state index contributed by atoms with van der Waals surface area (Å²) < 4.78 is 0. The van der Waals surface area contributed by atoms with Crippen LogP contribution in [-0.2, 0) is 52.7 Å². The second kappa shape index (κ2) is 35.5. The minimum absolute atomic E-state index is 0.0738. The van der Waals surface area contributed by atoms with E-state index in [1.165, 1.54) is 6.92 Å². The molecule has 11 amide bonds. The van der Waals surface area contributed by atoms with Gasteiger partial charge in [0.1, 0.15) is 30.2 Å². The molecule has 0 bridgehead atoms. The standard InChI is InChI=1S/C42H78N16O11/c1-24(2)17-30(39(67)52-22-35(63)54-27(37(45)65)11-6-8-14-43)57-36(64)23-53-40(68)31(18-25(3)4)58-41(69)29(12-7-9-15-44)56-34(62)21-50-32(60)19-51-38(66)28(13-10-16-48-42(46)47)55-33(61)20-49-26(5)59/h24-25,27-31H,6-23,43-44H2,1-5H3,(H2,45,65)(H,49,59)(H,50,60)(H,51,66)(H,52,67)(H,53,68)(H,54,63)(H,55,61)(H,56,62)(H,57,64)(H,58,69)(H4,46,47,48)/t27-,28-,29-,30-,31-/m0/s1. The zero-order valence-electron chi connectivity index (χ0n) is 40.6. The molecule has 0 aromatic heterocycles. The van der Waals surface area contributed by atoms with Gasteiger partial charge in [0.25, 0.3) is 0 Å². The van der Waals surface area contributed by atoms with Crippen molar-refractivity contribution in [3.8, 4) is 0 Å². The van der Waals surface area contributed by atoms with Gasteiger partial charge >= 0.3 is 0 Å². The summed E-state index contributed by atoms with van der Waals surface area (Å²) in [5, 5.41) is 24.6. The first-order valence-corrected chi connectivity index (χ1v) is 23.1. The molecule has 0 saturated carbocycles. The van der Waals surface area contributed by atoms with Crippen molar-refractivity contribution in [2.45, 2.75) is 129 Å². The Morgan fingerprint density at radius 2 is 0.783 bits per heavy atom. The van der Waals surface area contributed by atoms with Crippen molar-refractivity contribution < 1.29 is 52.7 Å². The molecule has 0 fully saturated rings. The third-order valence-corrected chi connectivity index (χ3v) is 9.73. The summed E-state index contributed by atoms with van der Waals surface area (Å²) in [6.07, 6.45) is 3.11. The Morgan fingerprint density at radius 3 is 1.22 bits per heavy atom. The normalized spacial score (nSPS) is 12.9. The van der Waals surface area contributed by atoms with Gasteiger partial charge in [0.2, 0.25) is 65.0 Å². The maximum Gasteiger partial charge on any atom is 0.243 e. The summed E-state index contributed by atoms with van der Waals surface area (Å²) in [6.45, 7) is 6.60. The molecule has 0 aliphatic rings. The largest absolute Gasteiger partial charge is 0.370 e. The molecule has 69 heavy (non-hydrogen) atoms. The van der Waals surface area contributed by atoms with E-state index >= 15 is 0 Å². The van der Waals surface area contributed by atoms with Crippen LogP contribution in [0, 0.1) is 11.8 Å². The SMILES string of the molecule is CC(=O)NCC(=O)N[C@@H](CCCN=C(N)N)C(=O)NCC(=O)NCC(=O)N[C@@H](CCCCN)C(=O)N[C@@H](CC(C)C)C(=O)NCC(=O)N[C@@H](CC(C)C)C(=O)NCC(=O)N[C@@H](CCCCN)C(N)=O. The van der Waals surface area contributed by atoms with Gasteiger partial charge in [-0.05, 0) is 89.1 Å². The molecule has 20 N–H and O–H groups in total. The quantitative estimate of drug-likeness (QED) is 0.0158. The Bertz CT molecular complexity index is 1740. The Balaban J connectivity index is 5.57. The monoisotopic (exact) mass is 983 g/mol. The number of carbonyl (C=O) groups excluding carboxylic acids is 11. The van der Waals surface area contributed by atoms with Crippen molar-refractivity contribution in [2.75, 3.05) is 52.4 Å². The lowest BCUT2D eigenvalue weighted by Gasteiger charge is -2.25. The summed E-state index contributed by atoms with van der Waals surface area (Å²) in [4.78, 5) is 143. The van der Waals surface area contributed by atoms with E-state index in [0.717, 1.165) is 0 Å². The molecule has 27 nitrogen and oxygen atoms in total. The van der Waals surface area contributed by atoms with E-state index in [4.69, 9.17) is 28.7 Å². The van der Waals surface area contributed by atoms with Gasteiger partial charge in [-0.25, -0.2) is 0 Å². The van der Waals surface area contributed by atoms with E-state index in [0.29, 0.717) is 38.8 Å². The summed E-state index contributed by atoms with van der Waals surface area (Å²) in [6, 6.07) is -5.52. The van der Waals surface area contributed by atoms with Crippen LogP contribution >= 0.6 is 0 Å². The van der Waals surface area contributed by atoms with Gasteiger partial charge in [0, 0.05) is 13.5 Å². The van der Waals surface area contributed by atoms with Crippen LogP contribution in [0.3, 0.4) is 0 Å². The Kier molecular flexibility index (Phi) is 32.1. The zero-order valence-corrected chi connectivity index (χ0v) is 40.6. The van der Waals surface area contributed by atoms with Crippen LogP contribution in [0.2, 0.25) is 0 Å². The van der Waals surface area contributed by atoms with Crippen LogP contribution in [0.15, 0.2) is 4.99 Å². The average Bonchev–Trinajstić information content (AvgIpc) is 3.27. The number of nitrogens with zero attached hydrogens (tertiary/aromatic N) is 1. The molecule has 0 aromatic rings. The third-order valence-electron chi connectivity index (χ3n) is 9.73. The van der Waals surface area contributed by atoms with E-state index < -0.39 is 128 Å². The number of nitrogens with one attached hydrogen (secondary N) is 10. The highest BCUT2D eigenvalue weighted by Gasteiger charge is 2.29. The summed E-state index contributed by atoms with van der Waals surface area (Å²) in [5.41, 5.74) is 27.2. The molecule has 5 atom stereocenters. The van der Waals surface area contributed by atoms with Gasteiger partial charge in [0.15, 0.2) is 5.96 Å². The molecular formula is C42H78N16O11. The number of primary amides is 1. The molecule has 27 heteroatoms. The average molecular weight is 983 g/mol. The third kappa shape index (κ3) is 31.1. The topological polar surface area (TPSA) is 451 Å². The molecule has 0 aliphatic carbocycles. The van der Waals surface area contributed by atoms with Crippen LogP contribution in [-0.4, -0.2) is 154 Å².